The highest BCUT2D eigenvalue weighted by Gasteiger charge is 2.08. The molecule has 0 saturated heterocycles. The van der Waals surface area contributed by atoms with Crippen LogP contribution in [0.5, 0.6) is 0 Å². The Bertz CT molecular complexity index is 278. The van der Waals surface area contributed by atoms with Crippen molar-refractivity contribution in [3.8, 4) is 0 Å². The number of rotatable bonds is 0. The molecule has 0 heteroatoms. The van der Waals surface area contributed by atoms with Gasteiger partial charge in [-0.3, -0.25) is 0 Å². The summed E-state index contributed by atoms with van der Waals surface area (Å²) in [6.45, 7) is 2.21. The molecule has 2 aliphatic carbocycles. The molecule has 1 unspecified atom stereocenters. The van der Waals surface area contributed by atoms with Crippen molar-refractivity contribution in [3.05, 3.63) is 35.5 Å². The van der Waals surface area contributed by atoms with Gasteiger partial charge in [0, 0.05) is 0 Å². The van der Waals surface area contributed by atoms with Crippen molar-refractivity contribution in [2.75, 3.05) is 0 Å². The van der Waals surface area contributed by atoms with Crippen LogP contribution in [0.2, 0.25) is 0 Å². The molecule has 0 nitrogen and oxygen atoms in total. The zero-order valence-electron chi connectivity index (χ0n) is 9.13. The summed E-state index contributed by atoms with van der Waals surface area (Å²) in [6.07, 6.45) is 17.8. The van der Waals surface area contributed by atoms with Crippen LogP contribution >= 0.6 is 0 Å². The monoisotopic (exact) mass is 188 g/mol. The minimum atomic E-state index is 0.705. The molecule has 0 amide bonds. The first-order chi connectivity index (χ1) is 6.84. The largest absolute Gasteiger partial charge is 0.0773 e. The van der Waals surface area contributed by atoms with E-state index < -0.39 is 0 Å². The Labute approximate surface area is 87.4 Å². The minimum absolute atomic E-state index is 0.705. The van der Waals surface area contributed by atoms with E-state index in [1.54, 1.807) is 5.57 Å². The van der Waals surface area contributed by atoms with Crippen LogP contribution in [0.3, 0.4) is 0 Å². The third-order valence-electron chi connectivity index (χ3n) is 3.20. The van der Waals surface area contributed by atoms with Crippen LogP contribution in [0.15, 0.2) is 35.5 Å². The smallest absolute Gasteiger partial charge is 0.00445 e. The first-order valence-electron chi connectivity index (χ1n) is 5.92. The molecular formula is C14H20. The van der Waals surface area contributed by atoms with E-state index in [1.807, 2.05) is 0 Å². The molecule has 0 spiro atoms. The van der Waals surface area contributed by atoms with Gasteiger partial charge in [-0.25, -0.2) is 0 Å². The lowest BCUT2D eigenvalue weighted by molar-refractivity contribution is 0.592. The van der Waals surface area contributed by atoms with E-state index in [9.17, 15) is 0 Å². The van der Waals surface area contributed by atoms with Gasteiger partial charge in [0.05, 0.1) is 0 Å². The van der Waals surface area contributed by atoms with Crippen molar-refractivity contribution in [2.45, 2.75) is 45.4 Å². The lowest BCUT2D eigenvalue weighted by atomic mass is 10.00. The second-order valence-corrected chi connectivity index (χ2v) is 4.61. The summed E-state index contributed by atoms with van der Waals surface area (Å²) in [5, 5.41) is 0. The minimum Gasteiger partial charge on any atom is -0.0773 e. The van der Waals surface area contributed by atoms with Crippen LogP contribution < -0.4 is 0 Å². The molecule has 1 atom stereocenters. The molecule has 2 bridgehead atoms. The topological polar surface area (TPSA) is 0 Å². The Morgan fingerprint density at radius 3 is 2.93 bits per heavy atom. The van der Waals surface area contributed by atoms with E-state index in [1.165, 1.54) is 44.1 Å². The molecule has 2 rings (SSSR count). The van der Waals surface area contributed by atoms with Gasteiger partial charge in [0.25, 0.3) is 0 Å². The van der Waals surface area contributed by atoms with E-state index >= 15 is 0 Å². The van der Waals surface area contributed by atoms with Gasteiger partial charge in [-0.15, -0.1) is 0 Å². The van der Waals surface area contributed by atoms with Crippen molar-refractivity contribution in [1.29, 1.82) is 0 Å². The Morgan fingerprint density at radius 2 is 2.00 bits per heavy atom. The van der Waals surface area contributed by atoms with Crippen LogP contribution in [0.1, 0.15) is 45.4 Å². The molecule has 0 aromatic rings. The van der Waals surface area contributed by atoms with Gasteiger partial charge in [-0.05, 0) is 32.1 Å². The Balaban J connectivity index is 2.17. The maximum atomic E-state index is 2.48. The highest BCUT2D eigenvalue weighted by molar-refractivity contribution is 5.33. The van der Waals surface area contributed by atoms with E-state index in [2.05, 4.69) is 31.2 Å². The van der Waals surface area contributed by atoms with E-state index in [4.69, 9.17) is 0 Å². The van der Waals surface area contributed by atoms with Gasteiger partial charge in [0.15, 0.2) is 0 Å². The standard InChI is InChI=1S/C14H20/c1-12-8-9-13-6-4-2-3-5-7-14(10-12)11-13/h8-11,13H,2-7H2,1H3. The highest BCUT2D eigenvalue weighted by Crippen LogP contribution is 2.25. The molecule has 0 aromatic heterocycles. The van der Waals surface area contributed by atoms with E-state index in [0.717, 1.165) is 0 Å². The van der Waals surface area contributed by atoms with Crippen LogP contribution in [0, 0.1) is 5.92 Å². The molecule has 76 valence electrons. The van der Waals surface area contributed by atoms with Crippen LogP contribution in [-0.4, -0.2) is 0 Å². The van der Waals surface area contributed by atoms with Gasteiger partial charge in [0.2, 0.25) is 0 Å². The van der Waals surface area contributed by atoms with Gasteiger partial charge in [0.1, 0.15) is 0 Å². The average molecular weight is 188 g/mol. The maximum Gasteiger partial charge on any atom is -0.00445 e. The van der Waals surface area contributed by atoms with E-state index in [0.29, 0.717) is 5.92 Å². The molecule has 0 fully saturated rings. The Morgan fingerprint density at radius 1 is 1.14 bits per heavy atom. The molecule has 0 N–H and O–H groups in total. The van der Waals surface area contributed by atoms with Gasteiger partial charge < -0.3 is 0 Å². The summed E-state index contributed by atoms with van der Waals surface area (Å²) in [6, 6.07) is 0. The fraction of sp³-hybridized carbons (Fsp3) is 0.571. The fourth-order valence-electron chi connectivity index (χ4n) is 2.39. The van der Waals surface area contributed by atoms with Crippen LogP contribution in [0.25, 0.3) is 0 Å². The second-order valence-electron chi connectivity index (χ2n) is 4.61. The Hall–Kier alpha value is -0.780. The fourth-order valence-corrected chi connectivity index (χ4v) is 2.39. The molecule has 0 aromatic carbocycles. The van der Waals surface area contributed by atoms with Crippen molar-refractivity contribution in [3.63, 3.8) is 0 Å². The summed E-state index contributed by atoms with van der Waals surface area (Å²) in [4.78, 5) is 0. The van der Waals surface area contributed by atoms with Crippen molar-refractivity contribution >= 4 is 0 Å². The van der Waals surface area contributed by atoms with Gasteiger partial charge in [-0.1, -0.05) is 54.7 Å². The summed E-state index contributed by atoms with van der Waals surface area (Å²) in [7, 11) is 0. The number of hydrogen-bond donors (Lipinski definition) is 0. The predicted molar refractivity (Wildman–Crippen MR) is 62.2 cm³/mol. The molecule has 0 aliphatic heterocycles. The van der Waals surface area contributed by atoms with Crippen molar-refractivity contribution in [2.24, 2.45) is 5.92 Å². The van der Waals surface area contributed by atoms with Gasteiger partial charge in [-0.2, -0.15) is 0 Å². The lowest BCUT2D eigenvalue weighted by Crippen LogP contribution is -1.91. The maximum absolute atomic E-state index is 2.48. The van der Waals surface area contributed by atoms with Gasteiger partial charge >= 0.3 is 0 Å². The molecule has 0 radical (unpaired) electrons. The van der Waals surface area contributed by atoms with Crippen molar-refractivity contribution in [1.82, 2.24) is 0 Å². The number of fused-ring (bicyclic) bond motifs is 1. The Kier molecular flexibility index (Phi) is 3.23. The first-order valence-corrected chi connectivity index (χ1v) is 5.92. The van der Waals surface area contributed by atoms with Crippen LogP contribution in [0.4, 0.5) is 0 Å². The summed E-state index contributed by atoms with van der Waals surface area (Å²) in [5.74, 6) is 0.705. The van der Waals surface area contributed by atoms with E-state index in [-0.39, 0.29) is 0 Å². The third-order valence-corrected chi connectivity index (χ3v) is 3.20. The molecule has 2 aliphatic rings. The predicted octanol–water partition coefficient (Wildman–Crippen LogP) is 4.40. The van der Waals surface area contributed by atoms with Crippen molar-refractivity contribution < 1.29 is 0 Å². The molecular weight excluding hydrogens is 168 g/mol. The quantitative estimate of drug-likeness (QED) is 0.528. The first kappa shape index (κ1) is 9.76. The highest BCUT2D eigenvalue weighted by atomic mass is 14.1. The summed E-state index contributed by atoms with van der Waals surface area (Å²) >= 11 is 0. The molecule has 0 heterocycles. The zero-order valence-corrected chi connectivity index (χ0v) is 9.13. The third kappa shape index (κ3) is 2.60. The normalized spacial score (nSPS) is 27.9. The average Bonchev–Trinajstić information content (AvgIpc) is 2.27. The number of allylic oxidation sites excluding steroid dienone is 6. The van der Waals surface area contributed by atoms with Crippen LogP contribution in [-0.2, 0) is 0 Å². The molecule has 14 heavy (non-hydrogen) atoms. The molecule has 0 saturated carbocycles. The SMILES string of the molecule is CC1=CC2=CC(C=C1)CCCCCC2. The zero-order chi connectivity index (χ0) is 9.80. The second kappa shape index (κ2) is 4.63. The number of hydrogen-bond acceptors (Lipinski definition) is 0. The lowest BCUT2D eigenvalue weighted by Gasteiger charge is -2.05. The summed E-state index contributed by atoms with van der Waals surface area (Å²) in [5.41, 5.74) is 2.98. The summed E-state index contributed by atoms with van der Waals surface area (Å²) < 4.78 is 0.